The molecule has 0 aromatic carbocycles. The lowest BCUT2D eigenvalue weighted by atomic mass is 9.92. The Morgan fingerprint density at radius 3 is 2.20 bits per heavy atom. The fourth-order valence-corrected chi connectivity index (χ4v) is 6.38. The molecule has 4 rings (SSSR count). The SMILES string of the molecule is CC(C)N1CCC(CCN2C(=O)[C@H]3CN(S(=O)(=O)c4cn(C)cn4)C[C@H]3C2=O)CC1. The first-order chi connectivity index (χ1) is 14.2. The number of imide groups is 1. The Bertz CT molecular complexity index is 895. The van der Waals surface area contributed by atoms with Gasteiger partial charge in [0.25, 0.3) is 10.0 Å². The molecular formula is C20H31N5O4S. The summed E-state index contributed by atoms with van der Waals surface area (Å²) in [5.41, 5.74) is 0. The molecule has 1 aromatic rings. The second-order valence-corrected chi connectivity index (χ2v) is 11.0. The van der Waals surface area contributed by atoms with Crippen molar-refractivity contribution in [3.8, 4) is 0 Å². The predicted molar refractivity (Wildman–Crippen MR) is 110 cm³/mol. The number of amides is 2. The van der Waals surface area contributed by atoms with Crippen molar-refractivity contribution in [2.75, 3.05) is 32.7 Å². The van der Waals surface area contributed by atoms with Crippen LogP contribution in [0.2, 0.25) is 0 Å². The average molecular weight is 438 g/mol. The number of rotatable bonds is 6. The molecule has 2 atom stereocenters. The minimum atomic E-state index is -3.79. The number of aryl methyl sites for hydroxylation is 1. The third-order valence-corrected chi connectivity index (χ3v) is 8.60. The second kappa shape index (κ2) is 8.05. The number of fused-ring (bicyclic) bond motifs is 1. The van der Waals surface area contributed by atoms with Crippen molar-refractivity contribution in [1.82, 2.24) is 23.7 Å². The highest BCUT2D eigenvalue weighted by Gasteiger charge is 2.54. The van der Waals surface area contributed by atoms with Gasteiger partial charge >= 0.3 is 0 Å². The van der Waals surface area contributed by atoms with E-state index in [2.05, 4.69) is 23.7 Å². The predicted octanol–water partition coefficient (Wildman–Crippen LogP) is 0.536. The first-order valence-corrected chi connectivity index (χ1v) is 12.2. The van der Waals surface area contributed by atoms with Gasteiger partial charge in [-0.2, -0.15) is 4.31 Å². The Hall–Kier alpha value is -1.78. The summed E-state index contributed by atoms with van der Waals surface area (Å²) in [6, 6.07) is 0.553. The van der Waals surface area contributed by atoms with Crippen LogP contribution < -0.4 is 0 Å². The smallest absolute Gasteiger partial charge is 0.262 e. The molecule has 1 aromatic heterocycles. The summed E-state index contributed by atoms with van der Waals surface area (Å²) in [5.74, 6) is -1.05. The van der Waals surface area contributed by atoms with Crippen molar-refractivity contribution < 1.29 is 18.0 Å². The molecule has 3 saturated heterocycles. The van der Waals surface area contributed by atoms with Gasteiger partial charge in [0.05, 0.1) is 18.2 Å². The second-order valence-electron chi connectivity index (χ2n) is 9.10. The van der Waals surface area contributed by atoms with Crippen LogP contribution in [0, 0.1) is 17.8 Å². The van der Waals surface area contributed by atoms with Gasteiger partial charge in [0.15, 0.2) is 5.03 Å². The lowest BCUT2D eigenvalue weighted by Gasteiger charge is -2.35. The molecular weight excluding hydrogens is 406 g/mol. The van der Waals surface area contributed by atoms with Gasteiger partial charge in [0, 0.05) is 38.9 Å². The van der Waals surface area contributed by atoms with Crippen molar-refractivity contribution in [2.45, 2.75) is 44.2 Å². The van der Waals surface area contributed by atoms with Crippen molar-refractivity contribution in [1.29, 1.82) is 0 Å². The lowest BCUT2D eigenvalue weighted by Crippen LogP contribution is -2.41. The number of piperidine rings is 1. The van der Waals surface area contributed by atoms with E-state index >= 15 is 0 Å². The van der Waals surface area contributed by atoms with Crippen LogP contribution in [-0.2, 0) is 26.7 Å². The summed E-state index contributed by atoms with van der Waals surface area (Å²) in [5, 5.41) is -0.0468. The van der Waals surface area contributed by atoms with E-state index in [1.54, 1.807) is 11.6 Å². The van der Waals surface area contributed by atoms with Gasteiger partial charge in [0.1, 0.15) is 0 Å². The Morgan fingerprint density at radius 2 is 1.70 bits per heavy atom. The van der Waals surface area contributed by atoms with Crippen LogP contribution in [0.3, 0.4) is 0 Å². The number of hydrogen-bond donors (Lipinski definition) is 0. The number of sulfonamides is 1. The van der Waals surface area contributed by atoms with E-state index in [9.17, 15) is 18.0 Å². The lowest BCUT2D eigenvalue weighted by molar-refractivity contribution is -0.140. The molecule has 0 spiro atoms. The summed E-state index contributed by atoms with van der Waals surface area (Å²) in [7, 11) is -2.10. The van der Waals surface area contributed by atoms with Crippen LogP contribution in [0.25, 0.3) is 0 Å². The molecule has 2 amide bonds. The molecule has 0 bridgehead atoms. The molecule has 0 saturated carbocycles. The third-order valence-electron chi connectivity index (χ3n) is 6.88. The molecule has 3 aliphatic rings. The number of carbonyl (C=O) groups excluding carboxylic acids is 2. The van der Waals surface area contributed by atoms with Gasteiger partial charge in [-0.25, -0.2) is 13.4 Å². The largest absolute Gasteiger partial charge is 0.339 e. The van der Waals surface area contributed by atoms with Gasteiger partial charge in [-0.05, 0) is 52.1 Å². The number of aromatic nitrogens is 2. The summed E-state index contributed by atoms with van der Waals surface area (Å²) in [6.45, 7) is 7.10. The zero-order chi connectivity index (χ0) is 21.6. The molecule has 0 N–H and O–H groups in total. The van der Waals surface area contributed by atoms with E-state index in [1.165, 1.54) is 21.7 Å². The van der Waals surface area contributed by atoms with Crippen molar-refractivity contribution >= 4 is 21.8 Å². The van der Waals surface area contributed by atoms with Crippen LogP contribution >= 0.6 is 0 Å². The number of hydrogen-bond acceptors (Lipinski definition) is 6. The summed E-state index contributed by atoms with van der Waals surface area (Å²) in [6.07, 6.45) is 5.88. The average Bonchev–Trinajstić information content (AvgIpc) is 3.39. The molecule has 0 unspecified atom stereocenters. The maximum Gasteiger partial charge on any atom is 0.262 e. The van der Waals surface area contributed by atoms with Crippen molar-refractivity contribution in [2.24, 2.45) is 24.8 Å². The Balaban J connectivity index is 1.35. The zero-order valence-corrected chi connectivity index (χ0v) is 18.7. The van der Waals surface area contributed by atoms with Crippen LogP contribution in [0.15, 0.2) is 17.6 Å². The number of imidazole rings is 1. The van der Waals surface area contributed by atoms with E-state index < -0.39 is 21.9 Å². The third kappa shape index (κ3) is 3.80. The highest BCUT2D eigenvalue weighted by molar-refractivity contribution is 7.89. The Kier molecular flexibility index (Phi) is 5.75. The molecule has 10 heteroatoms. The number of nitrogens with zero attached hydrogens (tertiary/aromatic N) is 5. The Morgan fingerprint density at radius 1 is 1.10 bits per heavy atom. The molecule has 0 radical (unpaired) electrons. The highest BCUT2D eigenvalue weighted by Crippen LogP contribution is 2.36. The first-order valence-electron chi connectivity index (χ1n) is 10.8. The fourth-order valence-electron chi connectivity index (χ4n) is 4.92. The van der Waals surface area contributed by atoms with E-state index in [0.717, 1.165) is 32.4 Å². The van der Waals surface area contributed by atoms with Crippen LogP contribution in [0.5, 0.6) is 0 Å². The summed E-state index contributed by atoms with van der Waals surface area (Å²) in [4.78, 5) is 33.5. The van der Waals surface area contributed by atoms with Gasteiger partial charge in [0.2, 0.25) is 11.8 Å². The van der Waals surface area contributed by atoms with Gasteiger partial charge in [-0.3, -0.25) is 14.5 Å². The first kappa shape index (κ1) is 21.5. The topological polar surface area (TPSA) is 95.8 Å². The van der Waals surface area contributed by atoms with Gasteiger partial charge in [-0.15, -0.1) is 0 Å². The molecule has 3 aliphatic heterocycles. The quantitative estimate of drug-likeness (QED) is 0.603. The standard InChI is InChI=1S/C20H31N5O4S/c1-14(2)23-7-4-15(5-8-23)6-9-25-19(26)16-10-24(11-17(16)20(25)27)30(28,29)18-12-22(3)13-21-18/h12-17H,4-11H2,1-3H3/t16-,17+. The minimum absolute atomic E-state index is 0.0468. The highest BCUT2D eigenvalue weighted by atomic mass is 32.2. The van der Waals surface area contributed by atoms with E-state index in [4.69, 9.17) is 0 Å². The number of carbonyl (C=O) groups is 2. The maximum atomic E-state index is 12.9. The number of likely N-dealkylation sites (tertiary alicyclic amines) is 2. The molecule has 0 aliphatic carbocycles. The van der Waals surface area contributed by atoms with Crippen LogP contribution in [-0.4, -0.2) is 82.7 Å². The molecule has 3 fully saturated rings. The molecule has 30 heavy (non-hydrogen) atoms. The van der Waals surface area contributed by atoms with Crippen LogP contribution in [0.1, 0.15) is 33.1 Å². The van der Waals surface area contributed by atoms with Crippen LogP contribution in [0.4, 0.5) is 0 Å². The van der Waals surface area contributed by atoms with Gasteiger partial charge < -0.3 is 9.47 Å². The molecule has 4 heterocycles. The Labute approximate surface area is 178 Å². The fraction of sp³-hybridized carbons (Fsp3) is 0.750. The normalized spacial score (nSPS) is 26.9. The van der Waals surface area contributed by atoms with Crippen molar-refractivity contribution in [3.63, 3.8) is 0 Å². The van der Waals surface area contributed by atoms with Crippen molar-refractivity contribution in [3.05, 3.63) is 12.5 Å². The molecule has 166 valence electrons. The zero-order valence-electron chi connectivity index (χ0n) is 17.9. The van der Waals surface area contributed by atoms with E-state index in [0.29, 0.717) is 18.5 Å². The van der Waals surface area contributed by atoms with E-state index in [1.807, 2.05) is 0 Å². The summed E-state index contributed by atoms with van der Waals surface area (Å²) >= 11 is 0. The maximum absolute atomic E-state index is 12.9. The minimum Gasteiger partial charge on any atom is -0.339 e. The molecule has 9 nitrogen and oxygen atoms in total. The van der Waals surface area contributed by atoms with E-state index in [-0.39, 0.29) is 29.9 Å². The monoisotopic (exact) mass is 437 g/mol. The van der Waals surface area contributed by atoms with Gasteiger partial charge in [-0.1, -0.05) is 0 Å². The summed E-state index contributed by atoms with van der Waals surface area (Å²) < 4.78 is 28.4.